The molecule has 0 saturated carbocycles. The molecule has 0 aliphatic rings. The summed E-state index contributed by atoms with van der Waals surface area (Å²) in [6, 6.07) is 0. The number of hydrogen-bond acceptors (Lipinski definition) is 3. The Hall–Kier alpha value is -0.220. The number of carboxylic acid groups (broad SMARTS) is 1. The lowest BCUT2D eigenvalue weighted by Crippen LogP contribution is -2.47. The van der Waals surface area contributed by atoms with Gasteiger partial charge in [-0.15, -0.1) is 0 Å². The minimum absolute atomic E-state index is 0.488. The fourth-order valence-corrected chi connectivity index (χ4v) is 1.78. The summed E-state index contributed by atoms with van der Waals surface area (Å²) in [6.07, 6.45) is 2.27. The topological polar surface area (TPSA) is 63.3 Å². The average molecular weight is 191 g/mol. The van der Waals surface area contributed by atoms with E-state index in [0.29, 0.717) is 5.75 Å². The zero-order chi connectivity index (χ0) is 9.61. The molecule has 0 aromatic carbocycles. The van der Waals surface area contributed by atoms with Crippen LogP contribution in [0.25, 0.3) is 0 Å². The van der Waals surface area contributed by atoms with Crippen LogP contribution >= 0.6 is 11.8 Å². The first-order valence-corrected chi connectivity index (χ1v) is 5.26. The summed E-state index contributed by atoms with van der Waals surface area (Å²) in [6.45, 7) is 3.66. The molecule has 0 bridgehead atoms. The van der Waals surface area contributed by atoms with Crippen molar-refractivity contribution in [2.45, 2.75) is 32.2 Å². The third-order valence-corrected chi connectivity index (χ3v) is 2.91. The predicted molar refractivity (Wildman–Crippen MR) is 52.5 cm³/mol. The number of aliphatic carboxylic acids is 1. The van der Waals surface area contributed by atoms with E-state index in [1.54, 1.807) is 18.7 Å². The van der Waals surface area contributed by atoms with Gasteiger partial charge >= 0.3 is 5.97 Å². The Morgan fingerprint density at radius 2 is 2.25 bits per heavy atom. The van der Waals surface area contributed by atoms with Crippen molar-refractivity contribution in [3.63, 3.8) is 0 Å². The van der Waals surface area contributed by atoms with Gasteiger partial charge in [0.15, 0.2) is 0 Å². The third-order valence-electron chi connectivity index (χ3n) is 1.53. The van der Waals surface area contributed by atoms with E-state index in [4.69, 9.17) is 10.8 Å². The van der Waals surface area contributed by atoms with E-state index >= 15 is 0 Å². The van der Waals surface area contributed by atoms with Gasteiger partial charge < -0.3 is 10.8 Å². The highest BCUT2D eigenvalue weighted by molar-refractivity contribution is 7.99. The summed E-state index contributed by atoms with van der Waals surface area (Å²) >= 11 is 1.61. The van der Waals surface area contributed by atoms with Gasteiger partial charge in [0.2, 0.25) is 0 Å². The van der Waals surface area contributed by atoms with Crippen molar-refractivity contribution in [1.29, 1.82) is 0 Å². The standard InChI is InChI=1S/C8H17NO2S/c1-3-4-5-12-6-8(2,9)7(10)11/h3-6,9H2,1-2H3,(H,10,11)/t8-/m0/s1. The van der Waals surface area contributed by atoms with Crippen LogP contribution < -0.4 is 5.73 Å². The molecular formula is C8H17NO2S. The quantitative estimate of drug-likeness (QED) is 0.622. The molecule has 0 aliphatic carbocycles. The number of thioether (sulfide) groups is 1. The first-order chi connectivity index (χ1) is 5.50. The van der Waals surface area contributed by atoms with Gasteiger partial charge in [-0.2, -0.15) is 11.8 Å². The van der Waals surface area contributed by atoms with E-state index in [2.05, 4.69) is 6.92 Å². The van der Waals surface area contributed by atoms with Crippen molar-refractivity contribution < 1.29 is 9.90 Å². The zero-order valence-corrected chi connectivity index (χ0v) is 8.49. The Balaban J connectivity index is 3.54. The summed E-state index contributed by atoms with van der Waals surface area (Å²) in [5.74, 6) is 0.560. The van der Waals surface area contributed by atoms with Crippen LogP contribution in [0.5, 0.6) is 0 Å². The van der Waals surface area contributed by atoms with Crippen LogP contribution in [-0.4, -0.2) is 28.1 Å². The Morgan fingerprint density at radius 1 is 1.67 bits per heavy atom. The van der Waals surface area contributed by atoms with Gasteiger partial charge in [-0.1, -0.05) is 13.3 Å². The highest BCUT2D eigenvalue weighted by atomic mass is 32.2. The SMILES string of the molecule is CCCCSC[C@](C)(N)C(=O)O. The molecule has 3 nitrogen and oxygen atoms in total. The van der Waals surface area contributed by atoms with E-state index < -0.39 is 11.5 Å². The largest absolute Gasteiger partial charge is 0.480 e. The molecule has 0 heterocycles. The van der Waals surface area contributed by atoms with Crippen LogP contribution in [0, 0.1) is 0 Å². The van der Waals surface area contributed by atoms with Gasteiger partial charge in [0.05, 0.1) is 0 Å². The molecule has 1 atom stereocenters. The normalized spacial score (nSPS) is 15.6. The first kappa shape index (κ1) is 11.8. The van der Waals surface area contributed by atoms with Gasteiger partial charge in [-0.3, -0.25) is 4.79 Å². The van der Waals surface area contributed by atoms with E-state index in [0.717, 1.165) is 18.6 Å². The number of hydrogen-bond donors (Lipinski definition) is 2. The monoisotopic (exact) mass is 191 g/mol. The van der Waals surface area contributed by atoms with Gasteiger partial charge in [0, 0.05) is 5.75 Å². The fourth-order valence-electron chi connectivity index (χ4n) is 0.592. The Bertz CT molecular complexity index is 148. The van der Waals surface area contributed by atoms with Crippen LogP contribution in [0.15, 0.2) is 0 Å². The van der Waals surface area contributed by atoms with E-state index in [9.17, 15) is 4.79 Å². The zero-order valence-electron chi connectivity index (χ0n) is 7.67. The molecule has 4 heteroatoms. The third kappa shape index (κ3) is 4.62. The molecule has 0 radical (unpaired) electrons. The van der Waals surface area contributed by atoms with Gasteiger partial charge in [0.1, 0.15) is 5.54 Å². The minimum atomic E-state index is -1.07. The minimum Gasteiger partial charge on any atom is -0.480 e. The van der Waals surface area contributed by atoms with E-state index in [-0.39, 0.29) is 0 Å². The molecule has 0 aromatic heterocycles. The van der Waals surface area contributed by atoms with Crippen LogP contribution in [0.3, 0.4) is 0 Å². The smallest absolute Gasteiger partial charge is 0.324 e. The van der Waals surface area contributed by atoms with Crippen molar-refractivity contribution in [1.82, 2.24) is 0 Å². The molecule has 12 heavy (non-hydrogen) atoms. The molecule has 0 aromatic rings. The molecule has 3 N–H and O–H groups in total. The Morgan fingerprint density at radius 3 is 2.67 bits per heavy atom. The van der Waals surface area contributed by atoms with Crippen LogP contribution in [-0.2, 0) is 4.79 Å². The summed E-state index contributed by atoms with van der Waals surface area (Å²) < 4.78 is 0. The van der Waals surface area contributed by atoms with Crippen LogP contribution in [0.2, 0.25) is 0 Å². The number of carbonyl (C=O) groups is 1. The number of nitrogens with two attached hydrogens (primary N) is 1. The molecule has 0 fully saturated rings. The molecule has 0 amide bonds. The second-order valence-electron chi connectivity index (χ2n) is 3.13. The van der Waals surface area contributed by atoms with Crippen molar-refractivity contribution in [3.8, 4) is 0 Å². The summed E-state index contributed by atoms with van der Waals surface area (Å²) in [5.41, 5.74) is 4.45. The molecule has 0 unspecified atom stereocenters. The van der Waals surface area contributed by atoms with Crippen molar-refractivity contribution in [3.05, 3.63) is 0 Å². The Kier molecular flexibility index (Phi) is 5.33. The molecular weight excluding hydrogens is 174 g/mol. The number of carboxylic acids is 1. The van der Waals surface area contributed by atoms with E-state index in [1.807, 2.05) is 0 Å². The van der Waals surface area contributed by atoms with Crippen molar-refractivity contribution in [2.75, 3.05) is 11.5 Å². The molecule has 0 saturated heterocycles. The summed E-state index contributed by atoms with van der Waals surface area (Å²) in [5, 5.41) is 8.66. The first-order valence-electron chi connectivity index (χ1n) is 4.10. The molecule has 0 rings (SSSR count). The maximum absolute atomic E-state index is 10.5. The van der Waals surface area contributed by atoms with Crippen molar-refractivity contribution >= 4 is 17.7 Å². The van der Waals surface area contributed by atoms with Crippen LogP contribution in [0.1, 0.15) is 26.7 Å². The second kappa shape index (κ2) is 5.43. The second-order valence-corrected chi connectivity index (χ2v) is 4.23. The molecule has 72 valence electrons. The summed E-state index contributed by atoms with van der Waals surface area (Å²) in [7, 11) is 0. The van der Waals surface area contributed by atoms with Gasteiger partial charge in [0.25, 0.3) is 0 Å². The molecule has 0 spiro atoms. The van der Waals surface area contributed by atoms with E-state index in [1.165, 1.54) is 0 Å². The molecule has 0 aliphatic heterocycles. The lowest BCUT2D eigenvalue weighted by molar-refractivity contribution is -0.141. The lowest BCUT2D eigenvalue weighted by atomic mass is 10.1. The van der Waals surface area contributed by atoms with Crippen LogP contribution in [0.4, 0.5) is 0 Å². The maximum Gasteiger partial charge on any atom is 0.324 e. The average Bonchev–Trinajstić information content (AvgIpc) is 1.98. The summed E-state index contributed by atoms with van der Waals surface area (Å²) in [4.78, 5) is 10.5. The van der Waals surface area contributed by atoms with Gasteiger partial charge in [-0.25, -0.2) is 0 Å². The highest BCUT2D eigenvalue weighted by Crippen LogP contribution is 2.12. The fraction of sp³-hybridized carbons (Fsp3) is 0.875. The number of rotatable bonds is 6. The highest BCUT2D eigenvalue weighted by Gasteiger charge is 2.27. The van der Waals surface area contributed by atoms with Crippen molar-refractivity contribution in [2.24, 2.45) is 5.73 Å². The Labute approximate surface area is 77.7 Å². The number of unbranched alkanes of at least 4 members (excludes halogenated alkanes) is 1. The lowest BCUT2D eigenvalue weighted by Gasteiger charge is -2.17. The predicted octanol–water partition coefficient (Wildman–Crippen LogP) is 1.32. The maximum atomic E-state index is 10.5. The van der Waals surface area contributed by atoms with Gasteiger partial charge in [-0.05, 0) is 19.1 Å².